The standard InChI is InChI=1S/C11H20N4O2S/c1-7-9(18(16,17)14-8-5-6-8)10(12)15(13-7)11(2,3)4/h8,14H,5-6,12H2,1-4H3. The van der Waals surface area contributed by atoms with Crippen LogP contribution in [0.1, 0.15) is 39.3 Å². The Balaban J connectivity index is 2.48. The summed E-state index contributed by atoms with van der Waals surface area (Å²) in [6.07, 6.45) is 1.79. The van der Waals surface area contributed by atoms with Crippen LogP contribution in [-0.2, 0) is 15.6 Å². The highest BCUT2D eigenvalue weighted by atomic mass is 32.2. The van der Waals surface area contributed by atoms with Crippen molar-refractivity contribution in [3.63, 3.8) is 0 Å². The van der Waals surface area contributed by atoms with Gasteiger partial charge in [-0.25, -0.2) is 17.8 Å². The Kier molecular flexibility index (Phi) is 2.94. The van der Waals surface area contributed by atoms with Crippen molar-refractivity contribution in [3.8, 4) is 0 Å². The summed E-state index contributed by atoms with van der Waals surface area (Å²) < 4.78 is 28.6. The number of aryl methyl sites for hydroxylation is 1. The van der Waals surface area contributed by atoms with E-state index in [2.05, 4.69) is 9.82 Å². The summed E-state index contributed by atoms with van der Waals surface area (Å²) in [5.41, 5.74) is 6.05. The molecule has 1 aromatic heterocycles. The zero-order valence-corrected chi connectivity index (χ0v) is 12.0. The van der Waals surface area contributed by atoms with Crippen LogP contribution in [0.15, 0.2) is 4.90 Å². The van der Waals surface area contributed by atoms with Gasteiger partial charge < -0.3 is 5.73 Å². The Morgan fingerprint density at radius 2 is 1.94 bits per heavy atom. The number of nitrogens with one attached hydrogen (secondary N) is 1. The predicted octanol–water partition coefficient (Wildman–Crippen LogP) is 0.969. The first-order valence-electron chi connectivity index (χ1n) is 6.01. The minimum atomic E-state index is -3.56. The van der Waals surface area contributed by atoms with Gasteiger partial charge in [0.1, 0.15) is 10.7 Å². The second kappa shape index (κ2) is 3.96. The second-order valence-corrected chi connectivity index (χ2v) is 7.43. The van der Waals surface area contributed by atoms with Crippen LogP contribution in [0.2, 0.25) is 0 Å². The molecule has 0 spiro atoms. The molecule has 1 aliphatic rings. The van der Waals surface area contributed by atoms with Crippen LogP contribution in [0.3, 0.4) is 0 Å². The quantitative estimate of drug-likeness (QED) is 0.858. The molecule has 1 saturated carbocycles. The summed E-state index contributed by atoms with van der Waals surface area (Å²) >= 11 is 0. The molecule has 1 aliphatic carbocycles. The minimum absolute atomic E-state index is 0.0618. The Morgan fingerprint density at radius 1 is 1.39 bits per heavy atom. The average molecular weight is 272 g/mol. The van der Waals surface area contributed by atoms with Gasteiger partial charge in [0.05, 0.1) is 11.2 Å². The van der Waals surface area contributed by atoms with Gasteiger partial charge in [-0.3, -0.25) is 0 Å². The van der Waals surface area contributed by atoms with E-state index in [0.717, 1.165) is 12.8 Å². The summed E-state index contributed by atoms with van der Waals surface area (Å²) in [5, 5.41) is 4.25. The lowest BCUT2D eigenvalue weighted by molar-refractivity contribution is 0.360. The van der Waals surface area contributed by atoms with Gasteiger partial charge in [0, 0.05) is 6.04 Å². The van der Waals surface area contributed by atoms with Crippen LogP contribution >= 0.6 is 0 Å². The summed E-state index contributed by atoms with van der Waals surface area (Å²) in [5.74, 6) is 0.202. The van der Waals surface area contributed by atoms with Gasteiger partial charge in [0.25, 0.3) is 0 Å². The van der Waals surface area contributed by atoms with Crippen LogP contribution < -0.4 is 10.5 Å². The van der Waals surface area contributed by atoms with Gasteiger partial charge in [-0.15, -0.1) is 0 Å². The number of anilines is 1. The molecular weight excluding hydrogens is 252 g/mol. The van der Waals surface area contributed by atoms with Crippen molar-refractivity contribution >= 4 is 15.8 Å². The molecule has 1 aromatic rings. The van der Waals surface area contributed by atoms with Crippen molar-refractivity contribution in [2.45, 2.75) is 57.0 Å². The van der Waals surface area contributed by atoms with Gasteiger partial charge >= 0.3 is 0 Å². The smallest absolute Gasteiger partial charge is 0.246 e. The highest BCUT2D eigenvalue weighted by Gasteiger charge is 2.33. The molecule has 0 amide bonds. The maximum absolute atomic E-state index is 12.2. The largest absolute Gasteiger partial charge is 0.383 e. The highest BCUT2D eigenvalue weighted by Crippen LogP contribution is 2.29. The fraction of sp³-hybridized carbons (Fsp3) is 0.727. The number of hydrogen-bond donors (Lipinski definition) is 2. The first-order chi connectivity index (χ1) is 8.13. The van der Waals surface area contributed by atoms with E-state index >= 15 is 0 Å². The Hall–Kier alpha value is -1.08. The van der Waals surface area contributed by atoms with E-state index in [1.807, 2.05) is 20.8 Å². The van der Waals surface area contributed by atoms with E-state index in [1.165, 1.54) is 0 Å². The van der Waals surface area contributed by atoms with Crippen molar-refractivity contribution in [1.82, 2.24) is 14.5 Å². The molecule has 0 bridgehead atoms. The molecule has 102 valence electrons. The SMILES string of the molecule is Cc1nn(C(C)(C)C)c(N)c1S(=O)(=O)NC1CC1. The molecule has 3 N–H and O–H groups in total. The molecule has 2 rings (SSSR count). The molecule has 0 aliphatic heterocycles. The van der Waals surface area contributed by atoms with Crippen molar-refractivity contribution in [2.24, 2.45) is 0 Å². The number of nitrogens with zero attached hydrogens (tertiary/aromatic N) is 2. The number of nitrogens with two attached hydrogens (primary N) is 1. The van der Waals surface area contributed by atoms with Crippen LogP contribution in [-0.4, -0.2) is 24.2 Å². The maximum atomic E-state index is 12.2. The van der Waals surface area contributed by atoms with Crippen molar-refractivity contribution in [3.05, 3.63) is 5.69 Å². The number of rotatable bonds is 3. The monoisotopic (exact) mass is 272 g/mol. The summed E-state index contributed by atoms with van der Waals surface area (Å²) in [6, 6.07) is 0.0618. The number of hydrogen-bond acceptors (Lipinski definition) is 4. The minimum Gasteiger partial charge on any atom is -0.383 e. The predicted molar refractivity (Wildman–Crippen MR) is 69.7 cm³/mol. The van der Waals surface area contributed by atoms with Crippen LogP contribution in [0, 0.1) is 6.92 Å². The van der Waals surface area contributed by atoms with Crippen molar-refractivity contribution in [2.75, 3.05) is 5.73 Å². The molecule has 0 aromatic carbocycles. The lowest BCUT2D eigenvalue weighted by Gasteiger charge is -2.20. The Bertz CT molecular complexity index is 565. The van der Waals surface area contributed by atoms with Gasteiger partial charge in [-0.2, -0.15) is 5.10 Å². The van der Waals surface area contributed by atoms with Crippen molar-refractivity contribution in [1.29, 1.82) is 0 Å². The molecule has 6 nitrogen and oxygen atoms in total. The van der Waals surface area contributed by atoms with Gasteiger partial charge in [0.2, 0.25) is 10.0 Å². The first kappa shape index (κ1) is 13.4. The van der Waals surface area contributed by atoms with E-state index in [1.54, 1.807) is 11.6 Å². The van der Waals surface area contributed by atoms with Gasteiger partial charge in [-0.1, -0.05) is 0 Å². The third-order valence-corrected chi connectivity index (χ3v) is 4.53. The molecule has 0 saturated heterocycles. The van der Waals surface area contributed by atoms with Crippen LogP contribution in [0.5, 0.6) is 0 Å². The fourth-order valence-corrected chi connectivity index (χ4v) is 3.44. The summed E-state index contributed by atoms with van der Waals surface area (Å²) in [7, 11) is -3.56. The van der Waals surface area contributed by atoms with Gasteiger partial charge in [0.15, 0.2) is 0 Å². The first-order valence-corrected chi connectivity index (χ1v) is 7.49. The molecular formula is C11H20N4O2S. The van der Waals surface area contributed by atoms with E-state index < -0.39 is 10.0 Å². The zero-order chi connectivity index (χ0) is 13.7. The van der Waals surface area contributed by atoms with E-state index in [0.29, 0.717) is 5.69 Å². The molecule has 0 unspecified atom stereocenters. The summed E-state index contributed by atoms with van der Waals surface area (Å²) in [4.78, 5) is 0.115. The maximum Gasteiger partial charge on any atom is 0.246 e. The second-order valence-electron chi connectivity index (χ2n) is 5.78. The van der Waals surface area contributed by atoms with Gasteiger partial charge in [-0.05, 0) is 40.5 Å². The molecule has 0 atom stereocenters. The summed E-state index contributed by atoms with van der Waals surface area (Å²) in [6.45, 7) is 7.46. The third kappa shape index (κ3) is 2.37. The highest BCUT2D eigenvalue weighted by molar-refractivity contribution is 7.89. The lowest BCUT2D eigenvalue weighted by atomic mass is 10.1. The van der Waals surface area contributed by atoms with E-state index in [9.17, 15) is 8.42 Å². The molecule has 0 radical (unpaired) electrons. The molecule has 7 heteroatoms. The lowest BCUT2D eigenvalue weighted by Crippen LogP contribution is -2.28. The van der Waals surface area contributed by atoms with Crippen LogP contribution in [0.25, 0.3) is 0 Å². The zero-order valence-electron chi connectivity index (χ0n) is 11.2. The van der Waals surface area contributed by atoms with E-state index in [-0.39, 0.29) is 22.3 Å². The fourth-order valence-electron chi connectivity index (χ4n) is 1.85. The van der Waals surface area contributed by atoms with Crippen molar-refractivity contribution < 1.29 is 8.42 Å². The number of nitrogen functional groups attached to an aromatic ring is 1. The molecule has 1 heterocycles. The topological polar surface area (TPSA) is 90.0 Å². The van der Waals surface area contributed by atoms with Crippen LogP contribution in [0.4, 0.5) is 5.82 Å². The Morgan fingerprint density at radius 3 is 2.33 bits per heavy atom. The molecule has 1 fully saturated rings. The Labute approximate surface area is 108 Å². The normalized spacial score (nSPS) is 17.1. The number of aromatic nitrogens is 2. The number of sulfonamides is 1. The third-order valence-electron chi connectivity index (χ3n) is 2.84. The van der Waals surface area contributed by atoms with E-state index in [4.69, 9.17) is 5.73 Å². The molecule has 18 heavy (non-hydrogen) atoms. The average Bonchev–Trinajstić information content (AvgIpc) is 2.88.